The van der Waals surface area contributed by atoms with Crippen molar-refractivity contribution in [3.8, 4) is 5.75 Å². The summed E-state index contributed by atoms with van der Waals surface area (Å²) in [6.45, 7) is 0. The lowest BCUT2D eigenvalue weighted by Crippen LogP contribution is -2.00. The Balaban J connectivity index is 0.000000261. The van der Waals surface area contributed by atoms with Gasteiger partial charge in [-0.05, 0) is 12.1 Å². The molecule has 12 heavy (non-hydrogen) atoms. The average Bonchev–Trinajstić information content (AvgIpc) is 2.05. The molecule has 0 aliphatic heterocycles. The van der Waals surface area contributed by atoms with Gasteiger partial charge in [-0.3, -0.25) is 9.35 Å². The van der Waals surface area contributed by atoms with Gasteiger partial charge >= 0.3 is 0 Å². The Morgan fingerprint density at radius 1 is 1.33 bits per heavy atom. The van der Waals surface area contributed by atoms with Crippen molar-refractivity contribution in [2.75, 3.05) is 0 Å². The van der Waals surface area contributed by atoms with Crippen LogP contribution in [0.15, 0.2) is 30.3 Å². The summed E-state index contributed by atoms with van der Waals surface area (Å²) in [5.41, 5.74) is 0. The minimum Gasteiger partial charge on any atom is -0.760 e. The SMILES string of the molecule is NOc1ccccc1.NS(=O)[O-]. The van der Waals surface area contributed by atoms with Crippen molar-refractivity contribution in [2.24, 2.45) is 11.0 Å². The number of para-hydroxylation sites is 1. The predicted octanol–water partition coefficient (Wildman–Crippen LogP) is -0.322. The molecule has 1 aromatic carbocycles. The van der Waals surface area contributed by atoms with Crippen molar-refractivity contribution >= 4 is 11.3 Å². The van der Waals surface area contributed by atoms with Crippen molar-refractivity contribution in [3.05, 3.63) is 30.3 Å². The molecule has 1 aromatic rings. The van der Waals surface area contributed by atoms with E-state index in [2.05, 4.69) is 9.98 Å². The average molecular weight is 189 g/mol. The minimum atomic E-state index is -2.36. The molecule has 0 bridgehead atoms. The summed E-state index contributed by atoms with van der Waals surface area (Å²) < 4.78 is 17.6. The Hall–Kier alpha value is -0.950. The van der Waals surface area contributed by atoms with Crippen LogP contribution < -0.4 is 15.9 Å². The summed E-state index contributed by atoms with van der Waals surface area (Å²) in [4.78, 5) is 4.41. The molecule has 0 saturated heterocycles. The quantitative estimate of drug-likeness (QED) is 0.466. The van der Waals surface area contributed by atoms with E-state index in [4.69, 9.17) is 14.7 Å². The molecule has 68 valence electrons. The third-order valence-electron chi connectivity index (χ3n) is 0.879. The lowest BCUT2D eigenvalue weighted by molar-refractivity contribution is 0.334. The topological polar surface area (TPSA) is 101 Å². The molecule has 0 heterocycles. The highest BCUT2D eigenvalue weighted by molar-refractivity contribution is 7.76. The monoisotopic (exact) mass is 189 g/mol. The molecule has 0 spiro atoms. The van der Waals surface area contributed by atoms with E-state index in [0.29, 0.717) is 5.75 Å². The number of rotatable bonds is 1. The van der Waals surface area contributed by atoms with E-state index in [1.807, 2.05) is 18.2 Å². The van der Waals surface area contributed by atoms with Crippen molar-refractivity contribution in [3.63, 3.8) is 0 Å². The van der Waals surface area contributed by atoms with Crippen molar-refractivity contribution in [2.45, 2.75) is 0 Å². The van der Waals surface area contributed by atoms with Crippen molar-refractivity contribution in [1.29, 1.82) is 0 Å². The number of nitrogens with two attached hydrogens (primary N) is 2. The largest absolute Gasteiger partial charge is 0.760 e. The van der Waals surface area contributed by atoms with E-state index in [9.17, 15) is 0 Å². The molecule has 0 fully saturated rings. The molecule has 0 amide bonds. The van der Waals surface area contributed by atoms with Gasteiger partial charge in [0.2, 0.25) is 0 Å². The van der Waals surface area contributed by atoms with Gasteiger partial charge in [-0.25, -0.2) is 0 Å². The highest BCUT2D eigenvalue weighted by atomic mass is 32.2. The molecule has 0 radical (unpaired) electrons. The van der Waals surface area contributed by atoms with Gasteiger partial charge < -0.3 is 9.39 Å². The van der Waals surface area contributed by atoms with Gasteiger partial charge in [0.1, 0.15) is 5.75 Å². The second-order valence-electron chi connectivity index (χ2n) is 1.69. The van der Waals surface area contributed by atoms with Crippen LogP contribution in [0.2, 0.25) is 0 Å². The molecule has 0 saturated carbocycles. The van der Waals surface area contributed by atoms with Crippen LogP contribution >= 0.6 is 0 Å². The normalized spacial score (nSPS) is 10.9. The van der Waals surface area contributed by atoms with Gasteiger partial charge in [-0.2, -0.15) is 5.90 Å². The van der Waals surface area contributed by atoms with E-state index in [1.54, 1.807) is 12.1 Å². The van der Waals surface area contributed by atoms with Crippen LogP contribution in [0.25, 0.3) is 0 Å². The van der Waals surface area contributed by atoms with E-state index >= 15 is 0 Å². The van der Waals surface area contributed by atoms with Crippen LogP contribution in [0.4, 0.5) is 0 Å². The molecule has 1 atom stereocenters. The first kappa shape index (κ1) is 11.1. The second kappa shape index (κ2) is 6.74. The molecule has 1 unspecified atom stereocenters. The zero-order valence-corrected chi connectivity index (χ0v) is 6.99. The van der Waals surface area contributed by atoms with Crippen LogP contribution in [0.3, 0.4) is 0 Å². The molecule has 0 aliphatic carbocycles. The zero-order valence-electron chi connectivity index (χ0n) is 6.17. The maximum atomic E-state index is 8.78. The molecule has 4 N–H and O–H groups in total. The summed E-state index contributed by atoms with van der Waals surface area (Å²) in [7, 11) is 0. The standard InChI is InChI=1S/C6H7NO.H3NO2S/c7-8-6-4-2-1-3-5-6;1-4(2)3/h1-5H,7H2;1H2,(H,2,3)/p-1. The van der Waals surface area contributed by atoms with Crippen LogP contribution in [0.5, 0.6) is 5.75 Å². The first-order valence-corrected chi connectivity index (χ1v) is 4.06. The first-order chi connectivity index (χ1) is 5.66. The summed E-state index contributed by atoms with van der Waals surface area (Å²) in [5, 5.41) is 4.03. The molecule has 0 aromatic heterocycles. The van der Waals surface area contributed by atoms with Gasteiger partial charge in [0.15, 0.2) is 0 Å². The molecular formula is C6H9N2O3S-. The molecule has 5 nitrogen and oxygen atoms in total. The van der Waals surface area contributed by atoms with Crippen LogP contribution in [-0.4, -0.2) is 8.76 Å². The highest BCUT2D eigenvalue weighted by Gasteiger charge is 1.81. The van der Waals surface area contributed by atoms with E-state index in [-0.39, 0.29) is 0 Å². The van der Waals surface area contributed by atoms with Gasteiger partial charge in [-0.1, -0.05) is 18.2 Å². The van der Waals surface area contributed by atoms with Gasteiger partial charge in [0.05, 0.1) is 0 Å². The Morgan fingerprint density at radius 3 is 2.00 bits per heavy atom. The van der Waals surface area contributed by atoms with Gasteiger partial charge in [-0.15, -0.1) is 0 Å². The third-order valence-corrected chi connectivity index (χ3v) is 0.879. The van der Waals surface area contributed by atoms with Crippen LogP contribution in [0.1, 0.15) is 0 Å². The molecule has 0 aliphatic rings. The highest BCUT2D eigenvalue weighted by Crippen LogP contribution is 2.04. The van der Waals surface area contributed by atoms with Crippen molar-refractivity contribution in [1.82, 2.24) is 0 Å². The predicted molar refractivity (Wildman–Crippen MR) is 44.4 cm³/mol. The molecule has 1 rings (SSSR count). The summed E-state index contributed by atoms with van der Waals surface area (Å²) in [6.07, 6.45) is 0. The fourth-order valence-corrected chi connectivity index (χ4v) is 0.499. The summed E-state index contributed by atoms with van der Waals surface area (Å²) in [5.74, 6) is 5.54. The lowest BCUT2D eigenvalue weighted by atomic mass is 10.3. The Labute approximate surface area is 72.7 Å². The number of hydrogen-bond donors (Lipinski definition) is 2. The Morgan fingerprint density at radius 2 is 1.75 bits per heavy atom. The van der Waals surface area contributed by atoms with Crippen LogP contribution in [-0.2, 0) is 11.3 Å². The fourth-order valence-electron chi connectivity index (χ4n) is 0.499. The van der Waals surface area contributed by atoms with Crippen LogP contribution in [0, 0.1) is 0 Å². The lowest BCUT2D eigenvalue weighted by Gasteiger charge is -1.92. The first-order valence-electron chi connectivity index (χ1n) is 2.92. The van der Waals surface area contributed by atoms with E-state index in [1.165, 1.54) is 0 Å². The summed E-state index contributed by atoms with van der Waals surface area (Å²) in [6, 6.07) is 9.22. The molecular weight excluding hydrogens is 180 g/mol. The minimum absolute atomic E-state index is 0.688. The Bertz CT molecular complexity index is 225. The fraction of sp³-hybridized carbons (Fsp3) is 0. The van der Waals surface area contributed by atoms with Gasteiger partial charge in [0.25, 0.3) is 0 Å². The van der Waals surface area contributed by atoms with Gasteiger partial charge in [0, 0.05) is 11.3 Å². The van der Waals surface area contributed by atoms with E-state index < -0.39 is 11.3 Å². The third kappa shape index (κ3) is 7.16. The Kier molecular flexibility index (Phi) is 6.21. The smallest absolute Gasteiger partial charge is 0.146 e. The number of benzene rings is 1. The number of hydrogen-bond acceptors (Lipinski definition) is 4. The maximum absolute atomic E-state index is 8.78. The second-order valence-corrected chi connectivity index (χ2v) is 2.21. The zero-order chi connectivity index (χ0) is 9.40. The van der Waals surface area contributed by atoms with E-state index in [0.717, 1.165) is 0 Å². The maximum Gasteiger partial charge on any atom is 0.146 e. The summed E-state index contributed by atoms with van der Waals surface area (Å²) >= 11 is -2.36. The van der Waals surface area contributed by atoms with Crippen molar-refractivity contribution < 1.29 is 13.6 Å². The molecule has 6 heteroatoms.